The van der Waals surface area contributed by atoms with E-state index in [1.165, 1.54) is 58.2 Å². The van der Waals surface area contributed by atoms with Crippen molar-refractivity contribution in [3.05, 3.63) is 12.7 Å². The number of piperazine rings is 1. The van der Waals surface area contributed by atoms with E-state index in [1.54, 1.807) is 0 Å². The van der Waals surface area contributed by atoms with Crippen LogP contribution in [0.2, 0.25) is 0 Å². The van der Waals surface area contributed by atoms with E-state index >= 15 is 0 Å². The van der Waals surface area contributed by atoms with E-state index in [-0.39, 0.29) is 0 Å². The summed E-state index contributed by atoms with van der Waals surface area (Å²) >= 11 is 0. The lowest BCUT2D eigenvalue weighted by Crippen LogP contribution is -2.64. The molecule has 2 nitrogen and oxygen atoms in total. The summed E-state index contributed by atoms with van der Waals surface area (Å²) in [5.41, 5.74) is 0.449. The van der Waals surface area contributed by atoms with Crippen LogP contribution in [-0.2, 0) is 0 Å². The monoisotopic (exact) mass is 236 g/mol. The van der Waals surface area contributed by atoms with Crippen molar-refractivity contribution in [1.82, 2.24) is 10.2 Å². The lowest BCUT2D eigenvalue weighted by molar-refractivity contribution is 0.0554. The average Bonchev–Trinajstić information content (AvgIpc) is 2.37. The molecule has 1 aliphatic carbocycles. The maximum atomic E-state index is 3.87. The Morgan fingerprint density at radius 2 is 2.12 bits per heavy atom. The van der Waals surface area contributed by atoms with Gasteiger partial charge in [-0.3, -0.25) is 4.90 Å². The highest BCUT2D eigenvalue weighted by Crippen LogP contribution is 2.32. The molecule has 0 radical (unpaired) electrons. The van der Waals surface area contributed by atoms with Crippen LogP contribution >= 0.6 is 0 Å². The standard InChI is InChI=1S/C15H28N2/c1-3-5-11-17-13-15(9-7-6-8-10-15)16-12-14(17)4-2/h3,14,16H,1,4-13H2,2H3. The van der Waals surface area contributed by atoms with Crippen molar-refractivity contribution >= 4 is 0 Å². The molecule has 2 heteroatoms. The second-order valence-electron chi connectivity index (χ2n) is 5.83. The second kappa shape index (κ2) is 6.01. The van der Waals surface area contributed by atoms with Gasteiger partial charge >= 0.3 is 0 Å². The Hall–Kier alpha value is -0.340. The van der Waals surface area contributed by atoms with Gasteiger partial charge in [0.2, 0.25) is 0 Å². The summed E-state index contributed by atoms with van der Waals surface area (Å²) in [6.45, 7) is 9.82. The van der Waals surface area contributed by atoms with Gasteiger partial charge in [0.1, 0.15) is 0 Å². The first-order chi connectivity index (χ1) is 8.29. The molecular weight excluding hydrogens is 208 g/mol. The zero-order valence-electron chi connectivity index (χ0n) is 11.4. The summed E-state index contributed by atoms with van der Waals surface area (Å²) in [4.78, 5) is 2.71. The number of nitrogens with zero attached hydrogens (tertiary/aromatic N) is 1. The summed E-state index contributed by atoms with van der Waals surface area (Å²) in [5.74, 6) is 0. The van der Waals surface area contributed by atoms with Gasteiger partial charge in [0.25, 0.3) is 0 Å². The minimum Gasteiger partial charge on any atom is -0.308 e. The first-order valence-electron chi connectivity index (χ1n) is 7.39. The van der Waals surface area contributed by atoms with Gasteiger partial charge in [-0.25, -0.2) is 0 Å². The first kappa shape index (κ1) is 13.1. The molecule has 98 valence electrons. The number of hydrogen-bond donors (Lipinski definition) is 1. The largest absolute Gasteiger partial charge is 0.308 e. The fourth-order valence-corrected chi connectivity index (χ4v) is 3.52. The van der Waals surface area contributed by atoms with Crippen molar-refractivity contribution in [1.29, 1.82) is 0 Å². The SMILES string of the molecule is C=CCCN1CC2(CCCCC2)NCC1CC. The Kier molecular flexibility index (Phi) is 4.63. The molecule has 1 saturated heterocycles. The number of nitrogens with one attached hydrogen (secondary N) is 1. The van der Waals surface area contributed by atoms with Gasteiger partial charge in [-0.1, -0.05) is 32.3 Å². The molecule has 1 unspecified atom stereocenters. The Morgan fingerprint density at radius 3 is 2.76 bits per heavy atom. The fraction of sp³-hybridized carbons (Fsp3) is 0.867. The Morgan fingerprint density at radius 1 is 1.35 bits per heavy atom. The minimum atomic E-state index is 0.449. The van der Waals surface area contributed by atoms with Gasteiger partial charge in [-0.2, -0.15) is 0 Å². The van der Waals surface area contributed by atoms with Crippen LogP contribution in [0, 0.1) is 0 Å². The van der Waals surface area contributed by atoms with Gasteiger partial charge in [-0.15, -0.1) is 6.58 Å². The second-order valence-corrected chi connectivity index (χ2v) is 5.83. The highest BCUT2D eigenvalue weighted by atomic mass is 15.3. The van der Waals surface area contributed by atoms with Crippen molar-refractivity contribution < 1.29 is 0 Å². The third-order valence-corrected chi connectivity index (χ3v) is 4.64. The van der Waals surface area contributed by atoms with Crippen molar-refractivity contribution in [3.63, 3.8) is 0 Å². The summed E-state index contributed by atoms with van der Waals surface area (Å²) in [6.07, 6.45) is 11.5. The van der Waals surface area contributed by atoms with E-state index in [0.29, 0.717) is 5.54 Å². The predicted octanol–water partition coefficient (Wildman–Crippen LogP) is 2.95. The van der Waals surface area contributed by atoms with Crippen molar-refractivity contribution in [3.8, 4) is 0 Å². The Bertz CT molecular complexity index is 243. The molecule has 0 aromatic heterocycles. The maximum absolute atomic E-state index is 3.87. The van der Waals surface area contributed by atoms with Crippen LogP contribution in [0.5, 0.6) is 0 Å². The summed E-state index contributed by atoms with van der Waals surface area (Å²) in [5, 5.41) is 3.87. The van der Waals surface area contributed by atoms with Crippen LogP contribution in [0.15, 0.2) is 12.7 Å². The normalized spacial score (nSPS) is 29.4. The third-order valence-electron chi connectivity index (χ3n) is 4.64. The number of rotatable bonds is 4. The van der Waals surface area contributed by atoms with Crippen LogP contribution in [0.25, 0.3) is 0 Å². The summed E-state index contributed by atoms with van der Waals surface area (Å²) < 4.78 is 0. The lowest BCUT2D eigenvalue weighted by atomic mass is 9.79. The zero-order valence-corrected chi connectivity index (χ0v) is 11.4. The molecule has 1 atom stereocenters. The zero-order chi connectivity index (χ0) is 12.1. The van der Waals surface area contributed by atoms with Crippen LogP contribution in [0.3, 0.4) is 0 Å². The highest BCUT2D eigenvalue weighted by Gasteiger charge is 2.38. The molecular formula is C15H28N2. The van der Waals surface area contributed by atoms with E-state index in [2.05, 4.69) is 29.8 Å². The predicted molar refractivity (Wildman–Crippen MR) is 74.3 cm³/mol. The molecule has 1 N–H and O–H groups in total. The lowest BCUT2D eigenvalue weighted by Gasteiger charge is -2.49. The van der Waals surface area contributed by atoms with Crippen LogP contribution in [0.4, 0.5) is 0 Å². The summed E-state index contributed by atoms with van der Waals surface area (Å²) in [7, 11) is 0. The molecule has 2 rings (SSSR count). The quantitative estimate of drug-likeness (QED) is 0.755. The molecule has 0 aromatic carbocycles. The van der Waals surface area contributed by atoms with E-state index in [0.717, 1.165) is 12.5 Å². The van der Waals surface area contributed by atoms with Crippen molar-refractivity contribution in [2.75, 3.05) is 19.6 Å². The van der Waals surface area contributed by atoms with E-state index in [1.807, 2.05) is 0 Å². The topological polar surface area (TPSA) is 15.3 Å². The van der Waals surface area contributed by atoms with Crippen molar-refractivity contribution in [2.24, 2.45) is 0 Å². The van der Waals surface area contributed by atoms with E-state index in [9.17, 15) is 0 Å². The highest BCUT2D eigenvalue weighted by molar-refractivity contribution is 4.99. The number of hydrogen-bond acceptors (Lipinski definition) is 2. The molecule has 1 aliphatic heterocycles. The molecule has 0 aromatic rings. The van der Waals surface area contributed by atoms with Crippen LogP contribution < -0.4 is 5.32 Å². The fourth-order valence-electron chi connectivity index (χ4n) is 3.52. The molecule has 2 aliphatic rings. The summed E-state index contributed by atoms with van der Waals surface area (Å²) in [6, 6.07) is 0.738. The molecule has 1 spiro atoms. The molecule has 2 fully saturated rings. The van der Waals surface area contributed by atoms with Gasteiger partial charge < -0.3 is 5.32 Å². The van der Waals surface area contributed by atoms with Gasteiger partial charge in [0.05, 0.1) is 0 Å². The molecule has 1 heterocycles. The Labute approximate surface area is 106 Å². The molecule has 0 amide bonds. The average molecular weight is 236 g/mol. The Balaban J connectivity index is 1.97. The first-order valence-corrected chi connectivity index (χ1v) is 7.39. The maximum Gasteiger partial charge on any atom is 0.0309 e. The van der Waals surface area contributed by atoms with Gasteiger partial charge in [-0.05, 0) is 25.7 Å². The molecule has 0 bridgehead atoms. The third kappa shape index (κ3) is 3.11. The van der Waals surface area contributed by atoms with Gasteiger partial charge in [0.15, 0.2) is 0 Å². The van der Waals surface area contributed by atoms with Crippen LogP contribution in [0.1, 0.15) is 51.9 Å². The van der Waals surface area contributed by atoms with Crippen LogP contribution in [-0.4, -0.2) is 36.1 Å². The molecule has 17 heavy (non-hydrogen) atoms. The smallest absolute Gasteiger partial charge is 0.0309 e. The minimum absolute atomic E-state index is 0.449. The van der Waals surface area contributed by atoms with Gasteiger partial charge in [0, 0.05) is 31.2 Å². The molecule has 1 saturated carbocycles. The van der Waals surface area contributed by atoms with E-state index < -0.39 is 0 Å². The van der Waals surface area contributed by atoms with E-state index in [4.69, 9.17) is 0 Å². The van der Waals surface area contributed by atoms with Crippen molar-refractivity contribution in [2.45, 2.75) is 63.5 Å².